The van der Waals surface area contributed by atoms with Gasteiger partial charge >= 0.3 is 8.80 Å². The molecule has 0 spiro atoms. The Morgan fingerprint density at radius 1 is 0.636 bits per heavy atom. The van der Waals surface area contributed by atoms with E-state index in [1.54, 1.807) is 21.3 Å². The molecule has 5 heteroatoms. The quantitative estimate of drug-likeness (QED) is 0.255. The summed E-state index contributed by atoms with van der Waals surface area (Å²) in [5, 5.41) is 0. The van der Waals surface area contributed by atoms with Crippen LogP contribution in [0, 0.1) is 0 Å². The zero-order valence-electron chi connectivity index (χ0n) is 15.3. The third-order valence-electron chi connectivity index (χ3n) is 4.13. The molecule has 0 unspecified atom stereocenters. The average Bonchev–Trinajstić information content (AvgIpc) is 2.56. The topological polar surface area (TPSA) is 27.7 Å². The van der Waals surface area contributed by atoms with Crippen molar-refractivity contribution in [1.29, 1.82) is 0 Å². The molecule has 0 aromatic heterocycles. The smallest absolute Gasteiger partial charge is 0.377 e. The fourth-order valence-corrected chi connectivity index (χ4v) is 5.85. The summed E-state index contributed by atoms with van der Waals surface area (Å²) in [6, 6.07) is 0.902. The molecule has 0 saturated carbocycles. The van der Waals surface area contributed by atoms with Gasteiger partial charge in [-0.2, -0.15) is 11.8 Å². The molecule has 0 N–H and O–H groups in total. The lowest BCUT2D eigenvalue weighted by Gasteiger charge is -2.23. The van der Waals surface area contributed by atoms with Crippen molar-refractivity contribution in [3.63, 3.8) is 0 Å². The second kappa shape index (κ2) is 16.3. The van der Waals surface area contributed by atoms with E-state index in [0.717, 1.165) is 11.8 Å². The Morgan fingerprint density at radius 3 is 1.55 bits per heavy atom. The number of hydrogen-bond donors (Lipinski definition) is 0. The van der Waals surface area contributed by atoms with Gasteiger partial charge in [0.05, 0.1) is 0 Å². The van der Waals surface area contributed by atoms with Gasteiger partial charge in [0.15, 0.2) is 0 Å². The molecule has 0 aromatic carbocycles. The first kappa shape index (κ1) is 22.4. The minimum atomic E-state index is -2.34. The van der Waals surface area contributed by atoms with Crippen LogP contribution >= 0.6 is 11.8 Å². The molecule has 22 heavy (non-hydrogen) atoms. The molecule has 0 atom stereocenters. The lowest BCUT2D eigenvalue weighted by Crippen LogP contribution is -2.43. The maximum Gasteiger partial charge on any atom is 0.500 e. The number of rotatable bonds is 17. The lowest BCUT2D eigenvalue weighted by molar-refractivity contribution is 0.125. The Bertz CT molecular complexity index is 218. The molecule has 0 aromatic rings. The molecule has 3 nitrogen and oxygen atoms in total. The molecule has 0 radical (unpaired) electrons. The summed E-state index contributed by atoms with van der Waals surface area (Å²) in [5.74, 6) is 2.32. The van der Waals surface area contributed by atoms with E-state index in [4.69, 9.17) is 13.3 Å². The summed E-state index contributed by atoms with van der Waals surface area (Å²) >= 11 is 2.00. The van der Waals surface area contributed by atoms with E-state index in [1.807, 2.05) is 11.8 Å². The monoisotopic (exact) mass is 350 g/mol. The van der Waals surface area contributed by atoms with E-state index < -0.39 is 8.80 Å². The Labute approximate surface area is 144 Å². The van der Waals surface area contributed by atoms with Crippen LogP contribution in [0.1, 0.15) is 71.1 Å². The minimum Gasteiger partial charge on any atom is -0.377 e. The van der Waals surface area contributed by atoms with Gasteiger partial charge < -0.3 is 13.3 Å². The second-order valence-corrected chi connectivity index (χ2v) is 10.2. The second-order valence-electron chi connectivity index (χ2n) is 5.84. The number of hydrogen-bond acceptors (Lipinski definition) is 4. The van der Waals surface area contributed by atoms with Crippen molar-refractivity contribution < 1.29 is 13.3 Å². The van der Waals surface area contributed by atoms with E-state index in [9.17, 15) is 0 Å². The first-order valence-corrected chi connectivity index (χ1v) is 12.1. The van der Waals surface area contributed by atoms with Gasteiger partial charge in [0.2, 0.25) is 0 Å². The van der Waals surface area contributed by atoms with Crippen LogP contribution in [-0.2, 0) is 13.3 Å². The largest absolute Gasteiger partial charge is 0.500 e. The summed E-state index contributed by atoms with van der Waals surface area (Å²) < 4.78 is 16.3. The van der Waals surface area contributed by atoms with Gasteiger partial charge in [0.1, 0.15) is 0 Å². The van der Waals surface area contributed by atoms with Crippen LogP contribution in [0.3, 0.4) is 0 Å². The third-order valence-corrected chi connectivity index (χ3v) is 8.29. The van der Waals surface area contributed by atoms with Crippen molar-refractivity contribution in [2.24, 2.45) is 0 Å². The van der Waals surface area contributed by atoms with Gasteiger partial charge in [-0.3, -0.25) is 0 Å². The molecular formula is C17H38O3SSi. The Balaban J connectivity index is 3.27. The minimum absolute atomic E-state index is 0.902. The number of thioether (sulfide) groups is 1. The first-order chi connectivity index (χ1) is 10.7. The molecular weight excluding hydrogens is 312 g/mol. The van der Waals surface area contributed by atoms with Gasteiger partial charge in [-0.25, -0.2) is 0 Å². The van der Waals surface area contributed by atoms with Crippen LogP contribution in [0.25, 0.3) is 0 Å². The third kappa shape index (κ3) is 11.9. The predicted octanol–water partition coefficient (Wildman–Crippen LogP) is 5.52. The fraction of sp³-hybridized carbons (Fsp3) is 1.00. The van der Waals surface area contributed by atoms with E-state index >= 15 is 0 Å². The summed E-state index contributed by atoms with van der Waals surface area (Å²) in [7, 11) is 2.72. The van der Waals surface area contributed by atoms with Crippen LogP contribution in [0.4, 0.5) is 0 Å². The lowest BCUT2D eigenvalue weighted by atomic mass is 10.1. The Kier molecular flexibility index (Phi) is 16.6. The Hall–Kier alpha value is 0.447. The van der Waals surface area contributed by atoms with Crippen molar-refractivity contribution >= 4 is 20.6 Å². The van der Waals surface area contributed by atoms with Gasteiger partial charge in [0, 0.05) is 27.4 Å². The zero-order valence-corrected chi connectivity index (χ0v) is 17.1. The van der Waals surface area contributed by atoms with Crippen molar-refractivity contribution in [2.75, 3.05) is 32.8 Å². The highest BCUT2D eigenvalue weighted by Crippen LogP contribution is 2.18. The summed E-state index contributed by atoms with van der Waals surface area (Å²) in [4.78, 5) is 0. The van der Waals surface area contributed by atoms with Crippen LogP contribution < -0.4 is 0 Å². The van der Waals surface area contributed by atoms with Crippen LogP contribution in [-0.4, -0.2) is 41.6 Å². The maximum atomic E-state index is 5.42. The summed E-state index contributed by atoms with van der Waals surface area (Å²) in [5.41, 5.74) is 0. The molecule has 0 aliphatic heterocycles. The zero-order chi connectivity index (χ0) is 16.5. The van der Waals surface area contributed by atoms with E-state index in [1.165, 1.54) is 70.0 Å². The van der Waals surface area contributed by atoms with Gasteiger partial charge in [-0.15, -0.1) is 0 Å². The molecule has 0 rings (SSSR count). The van der Waals surface area contributed by atoms with Gasteiger partial charge in [-0.1, -0.05) is 64.7 Å². The van der Waals surface area contributed by atoms with E-state index in [2.05, 4.69) is 6.92 Å². The fourth-order valence-electron chi connectivity index (χ4n) is 2.55. The highest BCUT2D eigenvalue weighted by Gasteiger charge is 2.36. The van der Waals surface area contributed by atoms with Crippen molar-refractivity contribution in [3.8, 4) is 0 Å². The molecule has 0 amide bonds. The molecule has 134 valence electrons. The molecule has 0 bridgehead atoms. The van der Waals surface area contributed by atoms with Gasteiger partial charge in [0.25, 0.3) is 0 Å². The standard InChI is InChI=1S/C17H38O3SSi/c1-5-6-7-8-9-10-11-12-13-14-15-21-16-17-22(18-2,19-3)20-4/h5-17H2,1-4H3. The molecule has 0 heterocycles. The maximum absolute atomic E-state index is 5.42. The average molecular weight is 351 g/mol. The molecule has 0 aliphatic rings. The Morgan fingerprint density at radius 2 is 1.09 bits per heavy atom. The molecule has 0 saturated heterocycles. The van der Waals surface area contributed by atoms with Crippen LogP contribution in [0.5, 0.6) is 0 Å². The van der Waals surface area contributed by atoms with Crippen molar-refractivity contribution in [1.82, 2.24) is 0 Å². The number of unbranched alkanes of at least 4 members (excludes halogenated alkanes) is 9. The molecule has 0 fully saturated rings. The summed E-state index contributed by atoms with van der Waals surface area (Å²) in [6.07, 6.45) is 14.0. The van der Waals surface area contributed by atoms with Crippen LogP contribution in [0.15, 0.2) is 0 Å². The normalized spacial score (nSPS) is 12.0. The predicted molar refractivity (Wildman–Crippen MR) is 101 cm³/mol. The van der Waals surface area contributed by atoms with E-state index in [-0.39, 0.29) is 0 Å². The van der Waals surface area contributed by atoms with Crippen molar-refractivity contribution in [2.45, 2.75) is 77.2 Å². The van der Waals surface area contributed by atoms with Crippen molar-refractivity contribution in [3.05, 3.63) is 0 Å². The molecule has 0 aliphatic carbocycles. The summed E-state index contributed by atoms with van der Waals surface area (Å²) in [6.45, 7) is 2.28. The van der Waals surface area contributed by atoms with Crippen LogP contribution in [0.2, 0.25) is 6.04 Å². The highest BCUT2D eigenvalue weighted by atomic mass is 32.2. The van der Waals surface area contributed by atoms with Gasteiger partial charge in [-0.05, 0) is 17.9 Å². The first-order valence-electron chi connectivity index (χ1n) is 8.98. The van der Waals surface area contributed by atoms with E-state index in [0.29, 0.717) is 0 Å². The highest BCUT2D eigenvalue weighted by molar-refractivity contribution is 7.99. The SMILES string of the molecule is CCCCCCCCCCCCSCC[Si](OC)(OC)OC.